The van der Waals surface area contributed by atoms with Gasteiger partial charge in [-0.2, -0.15) is 0 Å². The molecular formula is C28H36N2O. The maximum atomic E-state index is 12.9. The van der Waals surface area contributed by atoms with Crippen molar-refractivity contribution in [1.29, 1.82) is 0 Å². The summed E-state index contributed by atoms with van der Waals surface area (Å²) in [5.74, 6) is 0. The summed E-state index contributed by atoms with van der Waals surface area (Å²) >= 11 is 0. The zero-order chi connectivity index (χ0) is 22.6. The highest BCUT2D eigenvalue weighted by molar-refractivity contribution is 5.90. The molecule has 3 heteroatoms. The van der Waals surface area contributed by atoms with Crippen molar-refractivity contribution in [3.8, 4) is 0 Å². The molecule has 0 spiro atoms. The molecule has 0 radical (unpaired) electrons. The number of carbonyl (C=O) groups is 1. The summed E-state index contributed by atoms with van der Waals surface area (Å²) in [4.78, 5) is 14.8. The van der Waals surface area contributed by atoms with E-state index < -0.39 is 0 Å². The second-order valence-corrected chi connectivity index (χ2v) is 8.04. The van der Waals surface area contributed by atoms with E-state index in [2.05, 4.69) is 63.3 Å². The van der Waals surface area contributed by atoms with Crippen LogP contribution in [0.1, 0.15) is 55.0 Å². The minimum atomic E-state index is -0.0354. The lowest BCUT2D eigenvalue weighted by molar-refractivity contribution is 0.192. The maximum absolute atomic E-state index is 12.9. The highest BCUT2D eigenvalue weighted by Crippen LogP contribution is 2.23. The van der Waals surface area contributed by atoms with Crippen molar-refractivity contribution >= 4 is 11.7 Å². The number of aryl methyl sites for hydroxylation is 3. The molecule has 3 rings (SSSR count). The quantitative estimate of drug-likeness (QED) is 0.439. The van der Waals surface area contributed by atoms with Crippen LogP contribution in [0, 0.1) is 20.8 Å². The van der Waals surface area contributed by atoms with Crippen molar-refractivity contribution < 1.29 is 4.79 Å². The Morgan fingerprint density at radius 1 is 0.871 bits per heavy atom. The van der Waals surface area contributed by atoms with Gasteiger partial charge in [-0.15, -0.1) is 0 Å². The first kappa shape index (κ1) is 24.2. The molecule has 0 fully saturated rings. The number of carbonyl (C=O) groups excluding carboxylic acids is 1. The van der Waals surface area contributed by atoms with Crippen molar-refractivity contribution in [2.45, 2.75) is 53.5 Å². The molecule has 1 atom stereocenters. The van der Waals surface area contributed by atoms with Crippen LogP contribution in [-0.2, 0) is 0 Å². The Morgan fingerprint density at radius 2 is 1.48 bits per heavy atom. The number of benzene rings is 3. The lowest BCUT2D eigenvalue weighted by atomic mass is 10.1. The number of rotatable bonds is 6. The Kier molecular flexibility index (Phi) is 9.83. The van der Waals surface area contributed by atoms with Crippen molar-refractivity contribution in [2.24, 2.45) is 0 Å². The molecular weight excluding hydrogens is 380 g/mol. The van der Waals surface area contributed by atoms with Crippen LogP contribution in [0.2, 0.25) is 0 Å². The van der Waals surface area contributed by atoms with Gasteiger partial charge in [0, 0.05) is 12.2 Å². The fourth-order valence-electron chi connectivity index (χ4n) is 3.39. The summed E-state index contributed by atoms with van der Waals surface area (Å²) in [5, 5.41) is 3.08. The van der Waals surface area contributed by atoms with Crippen LogP contribution in [0.3, 0.4) is 0 Å². The number of hydrogen-bond donors (Lipinski definition) is 1. The first-order valence-electron chi connectivity index (χ1n) is 11.1. The molecule has 0 saturated heterocycles. The van der Waals surface area contributed by atoms with E-state index in [1.54, 1.807) is 0 Å². The Morgan fingerprint density at radius 3 is 2.00 bits per heavy atom. The number of hydrogen-bond acceptors (Lipinski definition) is 1. The molecule has 164 valence electrons. The number of unbranched alkanes of at least 4 members (excludes halogenated alkanes) is 1. The zero-order valence-corrected chi connectivity index (χ0v) is 19.6. The summed E-state index contributed by atoms with van der Waals surface area (Å²) in [6.07, 6.45) is 2.06. The summed E-state index contributed by atoms with van der Waals surface area (Å²) in [6, 6.07) is 26.6. The molecule has 0 aliphatic carbocycles. The van der Waals surface area contributed by atoms with Crippen molar-refractivity contribution in [3.63, 3.8) is 0 Å². The Balaban J connectivity index is 0.000000412. The van der Waals surface area contributed by atoms with Gasteiger partial charge in [0.25, 0.3) is 0 Å². The number of urea groups is 1. The van der Waals surface area contributed by atoms with Gasteiger partial charge in [-0.25, -0.2) is 4.79 Å². The fourth-order valence-corrected chi connectivity index (χ4v) is 3.39. The third kappa shape index (κ3) is 7.93. The summed E-state index contributed by atoms with van der Waals surface area (Å²) in [7, 11) is 0. The average molecular weight is 417 g/mol. The molecule has 1 unspecified atom stereocenters. The minimum Gasteiger partial charge on any atom is -0.318 e. The molecule has 1 N–H and O–H groups in total. The van der Waals surface area contributed by atoms with E-state index in [0.29, 0.717) is 0 Å². The SMILES string of the molecule is CCCCN(C(=O)Nc1ccc(C)cc1C)C(C)c1ccccc1.Cc1ccccc1. The smallest absolute Gasteiger partial charge is 0.318 e. The van der Waals surface area contributed by atoms with E-state index in [1.807, 2.05) is 60.4 Å². The third-order valence-corrected chi connectivity index (χ3v) is 5.33. The van der Waals surface area contributed by atoms with Crippen molar-refractivity contribution in [2.75, 3.05) is 11.9 Å². The average Bonchev–Trinajstić information content (AvgIpc) is 2.77. The second kappa shape index (κ2) is 12.6. The van der Waals surface area contributed by atoms with Crippen LogP contribution in [0.5, 0.6) is 0 Å². The van der Waals surface area contributed by atoms with Crippen LogP contribution in [0.25, 0.3) is 0 Å². The molecule has 2 amide bonds. The predicted molar refractivity (Wildman–Crippen MR) is 133 cm³/mol. The van der Waals surface area contributed by atoms with Crippen LogP contribution in [0.4, 0.5) is 10.5 Å². The highest BCUT2D eigenvalue weighted by atomic mass is 16.2. The third-order valence-electron chi connectivity index (χ3n) is 5.33. The van der Waals surface area contributed by atoms with E-state index in [0.717, 1.165) is 36.2 Å². The Labute approximate surface area is 188 Å². The number of amides is 2. The van der Waals surface area contributed by atoms with Crippen LogP contribution in [0.15, 0.2) is 78.9 Å². The molecule has 0 heterocycles. The Bertz CT molecular complexity index is 922. The number of anilines is 1. The second-order valence-electron chi connectivity index (χ2n) is 8.04. The molecule has 0 bridgehead atoms. The minimum absolute atomic E-state index is 0.0354. The normalized spacial score (nSPS) is 11.1. The van der Waals surface area contributed by atoms with Gasteiger partial charge in [-0.1, -0.05) is 97.3 Å². The van der Waals surface area contributed by atoms with E-state index in [1.165, 1.54) is 11.1 Å². The number of nitrogens with one attached hydrogen (secondary N) is 1. The first-order chi connectivity index (χ1) is 14.9. The van der Waals surface area contributed by atoms with Gasteiger partial charge in [0.1, 0.15) is 0 Å². The van der Waals surface area contributed by atoms with Gasteiger partial charge < -0.3 is 10.2 Å². The Hall–Kier alpha value is -3.07. The van der Waals surface area contributed by atoms with Gasteiger partial charge in [0.15, 0.2) is 0 Å². The largest absolute Gasteiger partial charge is 0.322 e. The fraction of sp³-hybridized carbons (Fsp3) is 0.321. The van der Waals surface area contributed by atoms with Gasteiger partial charge in [0.05, 0.1) is 6.04 Å². The van der Waals surface area contributed by atoms with Gasteiger partial charge >= 0.3 is 6.03 Å². The summed E-state index contributed by atoms with van der Waals surface area (Å²) < 4.78 is 0. The van der Waals surface area contributed by atoms with Gasteiger partial charge in [0.2, 0.25) is 0 Å². The maximum Gasteiger partial charge on any atom is 0.322 e. The van der Waals surface area contributed by atoms with Crippen molar-refractivity contribution in [1.82, 2.24) is 4.90 Å². The van der Waals surface area contributed by atoms with E-state index >= 15 is 0 Å². The van der Waals surface area contributed by atoms with Gasteiger partial charge in [-0.3, -0.25) is 0 Å². The van der Waals surface area contributed by atoms with Gasteiger partial charge in [-0.05, 0) is 51.3 Å². The van der Waals surface area contributed by atoms with Crippen LogP contribution < -0.4 is 5.32 Å². The predicted octanol–water partition coefficient (Wildman–Crippen LogP) is 7.69. The van der Waals surface area contributed by atoms with Crippen LogP contribution >= 0.6 is 0 Å². The van der Waals surface area contributed by atoms with Crippen LogP contribution in [-0.4, -0.2) is 17.5 Å². The molecule has 3 nitrogen and oxygen atoms in total. The van der Waals surface area contributed by atoms with E-state index in [4.69, 9.17) is 0 Å². The molecule has 0 aliphatic rings. The molecule has 3 aromatic rings. The number of nitrogens with zero attached hydrogens (tertiary/aromatic N) is 1. The van der Waals surface area contributed by atoms with Crippen molar-refractivity contribution in [3.05, 3.63) is 101 Å². The molecule has 0 saturated carbocycles. The zero-order valence-electron chi connectivity index (χ0n) is 19.6. The molecule has 0 aromatic heterocycles. The molecule has 0 aliphatic heterocycles. The lowest BCUT2D eigenvalue weighted by Gasteiger charge is -2.30. The van der Waals surface area contributed by atoms with E-state index in [9.17, 15) is 4.79 Å². The molecule has 31 heavy (non-hydrogen) atoms. The van der Waals surface area contributed by atoms with E-state index in [-0.39, 0.29) is 12.1 Å². The lowest BCUT2D eigenvalue weighted by Crippen LogP contribution is -2.38. The standard InChI is InChI=1S/C21H28N2O.C7H8/c1-5-6-14-23(18(4)19-10-8-7-9-11-19)21(24)22-20-13-12-16(2)15-17(20)3;1-7-5-3-2-4-6-7/h7-13,15,18H,5-6,14H2,1-4H3,(H,22,24);2-6H,1H3. The monoisotopic (exact) mass is 416 g/mol. The summed E-state index contributed by atoms with van der Waals surface area (Å²) in [6.45, 7) is 11.2. The first-order valence-corrected chi connectivity index (χ1v) is 11.1. The topological polar surface area (TPSA) is 32.3 Å². The highest BCUT2D eigenvalue weighted by Gasteiger charge is 2.21. The summed E-state index contributed by atoms with van der Waals surface area (Å²) in [5.41, 5.74) is 5.65. The molecule has 3 aromatic carbocycles.